The summed E-state index contributed by atoms with van der Waals surface area (Å²) in [6, 6.07) is 4.97. The maximum atomic E-state index is 12.3. The molecule has 0 heterocycles. The van der Waals surface area contributed by atoms with E-state index < -0.39 is 14.9 Å². The molecule has 1 fully saturated rings. The van der Waals surface area contributed by atoms with Crippen LogP contribution in [0.5, 0.6) is 0 Å². The summed E-state index contributed by atoms with van der Waals surface area (Å²) in [5.74, 6) is 0.629. The lowest BCUT2D eigenvalue weighted by Gasteiger charge is -2.41. The fourth-order valence-electron chi connectivity index (χ4n) is 3.04. The number of guanidine groups is 1. The van der Waals surface area contributed by atoms with E-state index in [-0.39, 0.29) is 41.1 Å². The van der Waals surface area contributed by atoms with Crippen molar-refractivity contribution in [1.82, 2.24) is 15.4 Å². The third kappa shape index (κ3) is 6.55. The second-order valence-electron chi connectivity index (χ2n) is 6.71. The number of halogens is 1. The average molecular weight is 525 g/mol. The predicted octanol–water partition coefficient (Wildman–Crippen LogP) is 2.24. The van der Waals surface area contributed by atoms with Gasteiger partial charge in [0.05, 0.1) is 9.82 Å². The zero-order valence-electron chi connectivity index (χ0n) is 16.1. The molecule has 1 aliphatic rings. The van der Waals surface area contributed by atoms with Gasteiger partial charge in [-0.3, -0.25) is 15.1 Å². The van der Waals surface area contributed by atoms with E-state index in [0.29, 0.717) is 17.9 Å². The molecular weight excluding hydrogens is 497 g/mol. The molecule has 0 saturated heterocycles. The number of aliphatic imine (C=N–C) groups is 1. The van der Waals surface area contributed by atoms with Crippen LogP contribution < -0.4 is 15.4 Å². The first-order valence-electron chi connectivity index (χ1n) is 9.00. The van der Waals surface area contributed by atoms with Gasteiger partial charge in [-0.15, -0.1) is 24.0 Å². The first-order valence-corrected chi connectivity index (χ1v) is 10.5. The Labute approximate surface area is 183 Å². The first kappa shape index (κ1) is 24.6. The minimum Gasteiger partial charge on any atom is -0.356 e. The van der Waals surface area contributed by atoms with Crippen molar-refractivity contribution in [3.8, 4) is 0 Å². The van der Waals surface area contributed by atoms with Crippen LogP contribution in [-0.2, 0) is 10.0 Å². The molecule has 158 valence electrons. The highest BCUT2D eigenvalue weighted by molar-refractivity contribution is 14.0. The van der Waals surface area contributed by atoms with Crippen LogP contribution in [0.1, 0.15) is 32.6 Å². The van der Waals surface area contributed by atoms with Gasteiger partial charge < -0.3 is 10.6 Å². The largest absolute Gasteiger partial charge is 0.356 e. The van der Waals surface area contributed by atoms with E-state index in [2.05, 4.69) is 27.3 Å². The number of hydrogen-bond acceptors (Lipinski definition) is 5. The highest BCUT2D eigenvalue weighted by Crippen LogP contribution is 2.42. The second kappa shape index (κ2) is 10.9. The normalized spacial score (nSPS) is 15.9. The quantitative estimate of drug-likeness (QED) is 0.113. The highest BCUT2D eigenvalue weighted by Gasteiger charge is 2.34. The van der Waals surface area contributed by atoms with Crippen LogP contribution in [0, 0.1) is 15.5 Å². The number of nitrogens with one attached hydrogen (secondary N) is 3. The number of benzene rings is 1. The van der Waals surface area contributed by atoms with Crippen LogP contribution >= 0.6 is 24.0 Å². The van der Waals surface area contributed by atoms with Gasteiger partial charge in [0.1, 0.15) is 0 Å². The minimum absolute atomic E-state index is 0. The standard InChI is InChI=1S/C17H27N5O4S.HI/c1-3-17(8-5-9-17)13-20-16(18-2)19-10-11-21-27(25,26)15-7-4-6-14(12-15)22(23)24;/h4,6-7,12,21H,3,5,8-11,13H2,1-2H3,(H2,18,19,20);1H. The molecule has 0 radical (unpaired) electrons. The van der Waals surface area contributed by atoms with Crippen molar-refractivity contribution in [3.05, 3.63) is 34.4 Å². The second-order valence-corrected chi connectivity index (χ2v) is 8.48. The number of nitro benzene ring substituents is 1. The molecule has 28 heavy (non-hydrogen) atoms. The van der Waals surface area contributed by atoms with Crippen molar-refractivity contribution in [2.24, 2.45) is 10.4 Å². The molecule has 0 unspecified atom stereocenters. The number of nitro groups is 1. The Morgan fingerprint density at radius 3 is 2.54 bits per heavy atom. The summed E-state index contributed by atoms with van der Waals surface area (Å²) in [6.45, 7) is 3.51. The number of sulfonamides is 1. The Morgan fingerprint density at radius 2 is 2.00 bits per heavy atom. The van der Waals surface area contributed by atoms with E-state index in [1.54, 1.807) is 7.05 Å². The molecule has 3 N–H and O–H groups in total. The van der Waals surface area contributed by atoms with Gasteiger partial charge in [0.25, 0.3) is 5.69 Å². The number of rotatable bonds is 9. The molecule has 1 aromatic carbocycles. The van der Waals surface area contributed by atoms with Gasteiger partial charge in [-0.05, 0) is 30.7 Å². The molecule has 0 amide bonds. The van der Waals surface area contributed by atoms with Crippen LogP contribution in [0.2, 0.25) is 0 Å². The summed E-state index contributed by atoms with van der Waals surface area (Å²) in [7, 11) is -2.14. The summed E-state index contributed by atoms with van der Waals surface area (Å²) in [5.41, 5.74) is 0.0859. The SMILES string of the molecule is CCC1(CNC(=NC)NCCNS(=O)(=O)c2cccc([N+](=O)[O-])c2)CCC1.I. The van der Waals surface area contributed by atoms with Crippen molar-refractivity contribution in [2.75, 3.05) is 26.7 Å². The van der Waals surface area contributed by atoms with Crippen LogP contribution in [0.3, 0.4) is 0 Å². The first-order chi connectivity index (χ1) is 12.8. The summed E-state index contributed by atoms with van der Waals surface area (Å²) < 4.78 is 26.9. The summed E-state index contributed by atoms with van der Waals surface area (Å²) in [4.78, 5) is 14.2. The monoisotopic (exact) mass is 525 g/mol. The van der Waals surface area contributed by atoms with E-state index in [4.69, 9.17) is 0 Å². The molecule has 0 aliphatic heterocycles. The van der Waals surface area contributed by atoms with Gasteiger partial charge in [0.15, 0.2) is 5.96 Å². The van der Waals surface area contributed by atoms with Crippen LogP contribution in [0.15, 0.2) is 34.2 Å². The Bertz CT molecular complexity index is 791. The fraction of sp³-hybridized carbons (Fsp3) is 0.588. The molecule has 0 atom stereocenters. The number of non-ortho nitro benzene ring substituents is 1. The van der Waals surface area contributed by atoms with Crippen molar-refractivity contribution < 1.29 is 13.3 Å². The predicted molar refractivity (Wildman–Crippen MR) is 120 cm³/mol. The van der Waals surface area contributed by atoms with E-state index >= 15 is 0 Å². The lowest BCUT2D eigenvalue weighted by Crippen LogP contribution is -2.47. The maximum Gasteiger partial charge on any atom is 0.270 e. The lowest BCUT2D eigenvalue weighted by atomic mass is 9.67. The minimum atomic E-state index is -3.81. The van der Waals surface area contributed by atoms with Crippen LogP contribution in [0.25, 0.3) is 0 Å². The summed E-state index contributed by atoms with van der Waals surface area (Å²) in [6.07, 6.45) is 4.83. The topological polar surface area (TPSA) is 126 Å². The van der Waals surface area contributed by atoms with Gasteiger partial charge in [-0.2, -0.15) is 0 Å². The van der Waals surface area contributed by atoms with Gasteiger partial charge in [-0.25, -0.2) is 13.1 Å². The third-order valence-corrected chi connectivity index (χ3v) is 6.53. The number of nitrogens with zero attached hydrogens (tertiary/aromatic N) is 2. The molecule has 0 spiro atoms. The fourth-order valence-corrected chi connectivity index (χ4v) is 4.11. The van der Waals surface area contributed by atoms with Gasteiger partial charge in [0, 0.05) is 38.8 Å². The third-order valence-electron chi connectivity index (χ3n) is 5.07. The van der Waals surface area contributed by atoms with E-state index in [1.165, 1.54) is 37.5 Å². The molecule has 11 heteroatoms. The summed E-state index contributed by atoms with van der Waals surface area (Å²) in [5, 5.41) is 17.2. The molecule has 0 aromatic heterocycles. The Hall–Kier alpha value is -1.47. The van der Waals surface area contributed by atoms with Gasteiger partial charge >= 0.3 is 0 Å². The molecule has 2 rings (SSSR count). The van der Waals surface area contributed by atoms with E-state index in [0.717, 1.165) is 19.0 Å². The Balaban J connectivity index is 0.00000392. The zero-order chi connectivity index (χ0) is 19.9. The average Bonchev–Trinajstić information content (AvgIpc) is 2.62. The van der Waals surface area contributed by atoms with Crippen molar-refractivity contribution in [2.45, 2.75) is 37.5 Å². The van der Waals surface area contributed by atoms with E-state index in [9.17, 15) is 18.5 Å². The molecule has 0 bridgehead atoms. The molecule has 1 aliphatic carbocycles. The summed E-state index contributed by atoms with van der Waals surface area (Å²) >= 11 is 0. The van der Waals surface area contributed by atoms with Gasteiger partial charge in [0.2, 0.25) is 10.0 Å². The van der Waals surface area contributed by atoms with Crippen molar-refractivity contribution >= 4 is 45.6 Å². The highest BCUT2D eigenvalue weighted by atomic mass is 127. The van der Waals surface area contributed by atoms with Crippen molar-refractivity contribution in [3.63, 3.8) is 0 Å². The van der Waals surface area contributed by atoms with E-state index in [1.807, 2.05) is 0 Å². The van der Waals surface area contributed by atoms with Crippen LogP contribution in [0.4, 0.5) is 5.69 Å². The lowest BCUT2D eigenvalue weighted by molar-refractivity contribution is -0.385. The smallest absolute Gasteiger partial charge is 0.270 e. The molecular formula is C17H28IN5O4S. The van der Waals surface area contributed by atoms with Gasteiger partial charge in [-0.1, -0.05) is 19.4 Å². The number of hydrogen-bond donors (Lipinski definition) is 3. The Morgan fingerprint density at radius 1 is 1.29 bits per heavy atom. The molecule has 1 aromatic rings. The Kier molecular flexibility index (Phi) is 9.57. The molecule has 1 saturated carbocycles. The maximum absolute atomic E-state index is 12.3. The molecule has 9 nitrogen and oxygen atoms in total. The van der Waals surface area contributed by atoms with Crippen molar-refractivity contribution in [1.29, 1.82) is 0 Å². The zero-order valence-corrected chi connectivity index (χ0v) is 19.2. The van der Waals surface area contributed by atoms with Crippen LogP contribution in [-0.4, -0.2) is 46.0 Å².